The zero-order valence-corrected chi connectivity index (χ0v) is 10.7. The summed E-state index contributed by atoms with van der Waals surface area (Å²) in [4.78, 5) is 2.66. The molecule has 0 aromatic heterocycles. The van der Waals surface area contributed by atoms with Crippen molar-refractivity contribution in [2.75, 3.05) is 26.2 Å². The molecule has 0 radical (unpaired) electrons. The minimum absolute atomic E-state index is 0.553. The van der Waals surface area contributed by atoms with Crippen molar-refractivity contribution in [3.05, 3.63) is 0 Å². The summed E-state index contributed by atoms with van der Waals surface area (Å²) in [5.41, 5.74) is 0. The van der Waals surface area contributed by atoms with Gasteiger partial charge in [0.1, 0.15) is 0 Å². The van der Waals surface area contributed by atoms with E-state index in [1.165, 1.54) is 45.3 Å². The van der Waals surface area contributed by atoms with Crippen LogP contribution in [0.5, 0.6) is 0 Å². The van der Waals surface area contributed by atoms with Crippen LogP contribution < -0.4 is 5.32 Å². The number of hydrogen-bond donors (Lipinski definition) is 1. The van der Waals surface area contributed by atoms with Gasteiger partial charge in [-0.15, -0.1) is 0 Å². The van der Waals surface area contributed by atoms with E-state index in [1.807, 2.05) is 0 Å². The lowest BCUT2D eigenvalue weighted by Gasteiger charge is -2.40. The van der Waals surface area contributed by atoms with Gasteiger partial charge in [-0.05, 0) is 39.2 Å². The van der Waals surface area contributed by atoms with E-state index in [-0.39, 0.29) is 0 Å². The lowest BCUT2D eigenvalue weighted by Crippen LogP contribution is -2.48. The minimum Gasteiger partial charge on any atom is -0.378 e. The van der Waals surface area contributed by atoms with Crippen LogP contribution in [0.1, 0.15) is 39.5 Å². The van der Waals surface area contributed by atoms with Crippen molar-refractivity contribution >= 4 is 0 Å². The number of hydrogen-bond acceptors (Lipinski definition) is 3. The van der Waals surface area contributed by atoms with Gasteiger partial charge in [0.25, 0.3) is 0 Å². The summed E-state index contributed by atoms with van der Waals surface area (Å²) in [6.07, 6.45) is 5.64. The summed E-state index contributed by atoms with van der Waals surface area (Å²) < 4.78 is 5.62. The fourth-order valence-electron chi connectivity index (χ4n) is 2.84. The van der Waals surface area contributed by atoms with Gasteiger partial charge in [-0.1, -0.05) is 6.92 Å². The quantitative estimate of drug-likeness (QED) is 0.745. The summed E-state index contributed by atoms with van der Waals surface area (Å²) in [5.74, 6) is 0. The van der Waals surface area contributed by atoms with Gasteiger partial charge in [-0.25, -0.2) is 0 Å². The Kier molecular flexibility index (Phi) is 4.62. The average molecular weight is 226 g/mol. The average Bonchev–Trinajstić information content (AvgIpc) is 2.68. The van der Waals surface area contributed by atoms with Crippen LogP contribution in [-0.2, 0) is 4.74 Å². The Labute approximate surface area is 99.5 Å². The highest BCUT2D eigenvalue weighted by molar-refractivity contribution is 4.93. The first-order chi connectivity index (χ1) is 7.83. The van der Waals surface area contributed by atoms with Gasteiger partial charge in [-0.3, -0.25) is 4.90 Å². The molecule has 1 aliphatic carbocycles. The van der Waals surface area contributed by atoms with E-state index >= 15 is 0 Å². The number of ether oxygens (including phenoxy) is 1. The second-order valence-corrected chi connectivity index (χ2v) is 5.14. The number of rotatable bonds is 6. The van der Waals surface area contributed by atoms with Crippen molar-refractivity contribution in [2.24, 2.45) is 0 Å². The van der Waals surface area contributed by atoms with Crippen LogP contribution in [0.15, 0.2) is 0 Å². The smallest absolute Gasteiger partial charge is 0.0604 e. The summed E-state index contributed by atoms with van der Waals surface area (Å²) in [6.45, 7) is 8.91. The molecule has 1 saturated carbocycles. The highest BCUT2D eigenvalue weighted by atomic mass is 16.5. The largest absolute Gasteiger partial charge is 0.378 e. The van der Waals surface area contributed by atoms with Crippen LogP contribution >= 0.6 is 0 Å². The molecule has 2 fully saturated rings. The molecule has 3 heteroatoms. The van der Waals surface area contributed by atoms with Crippen LogP contribution in [0.2, 0.25) is 0 Å². The van der Waals surface area contributed by atoms with Crippen molar-refractivity contribution in [3.63, 3.8) is 0 Å². The van der Waals surface area contributed by atoms with Crippen LogP contribution in [0.3, 0.4) is 0 Å². The Morgan fingerprint density at radius 3 is 2.81 bits per heavy atom. The molecule has 0 aromatic carbocycles. The molecular weight excluding hydrogens is 200 g/mol. The Morgan fingerprint density at radius 1 is 1.31 bits per heavy atom. The first kappa shape index (κ1) is 12.3. The lowest BCUT2D eigenvalue weighted by molar-refractivity contribution is -0.0411. The van der Waals surface area contributed by atoms with Crippen LogP contribution in [0.25, 0.3) is 0 Å². The predicted molar refractivity (Wildman–Crippen MR) is 66.7 cm³/mol. The second kappa shape index (κ2) is 5.99. The summed E-state index contributed by atoms with van der Waals surface area (Å²) in [5, 5.41) is 3.63. The first-order valence-electron chi connectivity index (χ1n) is 6.92. The molecule has 1 saturated heterocycles. The van der Waals surface area contributed by atoms with Crippen molar-refractivity contribution in [1.82, 2.24) is 10.2 Å². The minimum atomic E-state index is 0.553. The molecular formula is C13H26N2O. The van der Waals surface area contributed by atoms with Crippen molar-refractivity contribution in [1.29, 1.82) is 0 Å². The van der Waals surface area contributed by atoms with E-state index in [2.05, 4.69) is 24.1 Å². The number of nitrogens with one attached hydrogen (secondary N) is 1. The topological polar surface area (TPSA) is 24.5 Å². The molecule has 0 spiro atoms. The van der Waals surface area contributed by atoms with Crippen molar-refractivity contribution in [2.45, 2.75) is 57.7 Å². The third-order valence-corrected chi connectivity index (χ3v) is 3.89. The van der Waals surface area contributed by atoms with Crippen molar-refractivity contribution < 1.29 is 4.74 Å². The third-order valence-electron chi connectivity index (χ3n) is 3.89. The van der Waals surface area contributed by atoms with Crippen LogP contribution in [0.4, 0.5) is 0 Å². The van der Waals surface area contributed by atoms with E-state index < -0.39 is 0 Å². The van der Waals surface area contributed by atoms with Gasteiger partial charge in [0, 0.05) is 31.8 Å². The van der Waals surface area contributed by atoms with E-state index in [0.29, 0.717) is 6.10 Å². The van der Waals surface area contributed by atoms with E-state index in [1.54, 1.807) is 0 Å². The Balaban J connectivity index is 1.62. The lowest BCUT2D eigenvalue weighted by atomic mass is 9.88. The maximum atomic E-state index is 5.62. The van der Waals surface area contributed by atoms with Gasteiger partial charge >= 0.3 is 0 Å². The monoisotopic (exact) mass is 226 g/mol. The van der Waals surface area contributed by atoms with Gasteiger partial charge < -0.3 is 10.1 Å². The fourth-order valence-corrected chi connectivity index (χ4v) is 2.84. The molecule has 1 atom stereocenters. The van der Waals surface area contributed by atoms with Gasteiger partial charge in [0.15, 0.2) is 0 Å². The molecule has 94 valence electrons. The third kappa shape index (κ3) is 2.96. The molecule has 16 heavy (non-hydrogen) atoms. The molecule has 1 N–H and O–H groups in total. The standard InChI is InChI=1S/C13H26N2O/c1-3-6-14-11-5-7-15(10-11)12-8-13(9-12)16-4-2/h11-14H,3-10H2,1-2H3. The molecule has 3 nitrogen and oxygen atoms in total. The second-order valence-electron chi connectivity index (χ2n) is 5.14. The molecule has 1 aliphatic heterocycles. The summed E-state index contributed by atoms with van der Waals surface area (Å²) in [6, 6.07) is 1.55. The van der Waals surface area contributed by atoms with E-state index in [4.69, 9.17) is 4.74 Å². The van der Waals surface area contributed by atoms with E-state index in [9.17, 15) is 0 Å². The molecule has 1 heterocycles. The summed E-state index contributed by atoms with van der Waals surface area (Å²) in [7, 11) is 0. The van der Waals surface area contributed by atoms with Gasteiger partial charge in [0.2, 0.25) is 0 Å². The number of likely N-dealkylation sites (tertiary alicyclic amines) is 1. The fraction of sp³-hybridized carbons (Fsp3) is 1.00. The molecule has 0 amide bonds. The maximum absolute atomic E-state index is 5.62. The molecule has 0 bridgehead atoms. The highest BCUT2D eigenvalue weighted by Crippen LogP contribution is 2.30. The van der Waals surface area contributed by atoms with E-state index in [0.717, 1.165) is 18.7 Å². The molecule has 2 aliphatic rings. The Hall–Kier alpha value is -0.120. The zero-order chi connectivity index (χ0) is 11.4. The molecule has 1 unspecified atom stereocenters. The normalized spacial score (nSPS) is 35.2. The molecule has 0 aromatic rings. The first-order valence-corrected chi connectivity index (χ1v) is 6.92. The van der Waals surface area contributed by atoms with Gasteiger partial charge in [-0.2, -0.15) is 0 Å². The molecule has 2 rings (SSSR count). The Morgan fingerprint density at radius 2 is 2.12 bits per heavy atom. The predicted octanol–water partition coefficient (Wildman–Crippen LogP) is 1.63. The van der Waals surface area contributed by atoms with Crippen LogP contribution in [0, 0.1) is 0 Å². The SMILES string of the molecule is CCCNC1CCN(C2CC(OCC)C2)C1. The van der Waals surface area contributed by atoms with Gasteiger partial charge in [0.05, 0.1) is 6.10 Å². The maximum Gasteiger partial charge on any atom is 0.0604 e. The summed E-state index contributed by atoms with van der Waals surface area (Å²) >= 11 is 0. The van der Waals surface area contributed by atoms with Crippen molar-refractivity contribution in [3.8, 4) is 0 Å². The Bertz CT molecular complexity index is 204. The zero-order valence-electron chi connectivity index (χ0n) is 10.7. The number of nitrogens with zero attached hydrogens (tertiary/aromatic N) is 1. The van der Waals surface area contributed by atoms with Crippen LogP contribution in [-0.4, -0.2) is 49.3 Å². The highest BCUT2D eigenvalue weighted by Gasteiger charge is 2.37.